The van der Waals surface area contributed by atoms with Gasteiger partial charge in [0.15, 0.2) is 25.5 Å². The molecule has 1 aliphatic carbocycles. The molecule has 7 nitrogen and oxygen atoms in total. The number of carbonyl (C=O) groups is 1. The molecule has 3 rings (SSSR count). The molecule has 0 amide bonds. The van der Waals surface area contributed by atoms with Crippen LogP contribution >= 0.6 is 0 Å². The third-order valence-corrected chi connectivity index (χ3v) is 10.9. The maximum Gasteiger partial charge on any atom is 0.341 e. The van der Waals surface area contributed by atoms with E-state index in [1.807, 2.05) is 13.8 Å². The minimum Gasteiger partial charge on any atom is -0.467 e. The molecule has 0 aromatic carbocycles. The van der Waals surface area contributed by atoms with Gasteiger partial charge in [-0.2, -0.15) is 0 Å². The van der Waals surface area contributed by atoms with Gasteiger partial charge in [0.1, 0.15) is 18.3 Å². The van der Waals surface area contributed by atoms with E-state index in [1.165, 1.54) is 7.11 Å². The van der Waals surface area contributed by atoms with Crippen LogP contribution in [0.25, 0.3) is 0 Å². The highest BCUT2D eigenvalue weighted by molar-refractivity contribution is 6.74. The lowest BCUT2D eigenvalue weighted by Crippen LogP contribution is -2.66. The molecule has 2 heterocycles. The average molecular weight is 417 g/mol. The number of ether oxygens (including phenoxy) is 5. The van der Waals surface area contributed by atoms with Gasteiger partial charge >= 0.3 is 5.97 Å². The summed E-state index contributed by atoms with van der Waals surface area (Å²) in [5, 5.41) is -0.0160. The van der Waals surface area contributed by atoms with Gasteiger partial charge in [0.25, 0.3) is 0 Å². The number of esters is 1. The monoisotopic (exact) mass is 416 g/mol. The maximum atomic E-state index is 12.9. The molecule has 0 unspecified atom stereocenters. The average Bonchev–Trinajstić information content (AvgIpc) is 2.96. The summed E-state index contributed by atoms with van der Waals surface area (Å²) in [6.07, 6.45) is -1.52. The summed E-state index contributed by atoms with van der Waals surface area (Å²) in [6.45, 7) is 18.3. The Hall–Kier alpha value is -0.513. The first-order valence-electron chi connectivity index (χ1n) is 10.0. The standard InChI is InChI=1S/C20H36O7Si/c1-17(2,3)28(9,10)26-14-13-12(23-18(4,5)24-13)11-20(16(21)22-8)15(14)25-19(6,7)27-20/h12-15H,11H2,1-10H3/t12-,13-,14-,15+,20-/m1/s1. The SMILES string of the molecule is COC(=O)[C@@]12C[C@H]3OC(C)(C)O[C@H]3[C@@H](O[Si](C)(C)C(C)(C)C)[C@@H]1OC(C)(C)O2. The molecule has 1 saturated carbocycles. The smallest absolute Gasteiger partial charge is 0.341 e. The zero-order valence-corrected chi connectivity index (χ0v) is 19.9. The molecule has 0 radical (unpaired) electrons. The second-order valence-corrected chi connectivity index (χ2v) is 15.4. The van der Waals surface area contributed by atoms with Crippen molar-refractivity contribution >= 4 is 14.3 Å². The topological polar surface area (TPSA) is 72.5 Å². The third kappa shape index (κ3) is 3.56. The Morgan fingerprint density at radius 1 is 1.04 bits per heavy atom. The summed E-state index contributed by atoms with van der Waals surface area (Å²) < 4.78 is 36.8. The molecule has 0 bridgehead atoms. The van der Waals surface area contributed by atoms with Crippen LogP contribution in [-0.4, -0.2) is 63.0 Å². The largest absolute Gasteiger partial charge is 0.467 e. The minimum absolute atomic E-state index is 0.0160. The second-order valence-electron chi connectivity index (χ2n) is 10.6. The Balaban J connectivity index is 2.06. The Labute approximate surface area is 169 Å². The van der Waals surface area contributed by atoms with E-state index >= 15 is 0 Å². The molecular formula is C20H36O7Si. The van der Waals surface area contributed by atoms with Crippen LogP contribution in [0.15, 0.2) is 0 Å². The molecule has 0 N–H and O–H groups in total. The van der Waals surface area contributed by atoms with Crippen LogP contribution in [0.5, 0.6) is 0 Å². The molecule has 8 heteroatoms. The Morgan fingerprint density at radius 2 is 1.64 bits per heavy atom. The second kappa shape index (κ2) is 6.49. The summed E-state index contributed by atoms with van der Waals surface area (Å²) in [5.74, 6) is -2.17. The number of methoxy groups -OCH3 is 1. The van der Waals surface area contributed by atoms with Gasteiger partial charge in [0.05, 0.1) is 13.2 Å². The molecular weight excluding hydrogens is 380 g/mol. The van der Waals surface area contributed by atoms with Crippen LogP contribution in [-0.2, 0) is 32.9 Å². The van der Waals surface area contributed by atoms with Crippen molar-refractivity contribution in [3.05, 3.63) is 0 Å². The van der Waals surface area contributed by atoms with Crippen molar-refractivity contribution in [3.63, 3.8) is 0 Å². The van der Waals surface area contributed by atoms with Crippen molar-refractivity contribution in [2.45, 2.75) is 115 Å². The number of rotatable bonds is 3. The predicted molar refractivity (Wildman–Crippen MR) is 105 cm³/mol. The van der Waals surface area contributed by atoms with Crippen LogP contribution in [0.2, 0.25) is 18.1 Å². The molecule has 3 fully saturated rings. The third-order valence-electron chi connectivity index (χ3n) is 6.41. The minimum atomic E-state index is -2.21. The van der Waals surface area contributed by atoms with Gasteiger partial charge in [0, 0.05) is 6.42 Å². The molecule has 3 aliphatic rings. The molecule has 5 atom stereocenters. The fourth-order valence-electron chi connectivity index (χ4n) is 4.24. The van der Waals surface area contributed by atoms with Gasteiger partial charge in [-0.1, -0.05) is 20.8 Å². The number of hydrogen-bond acceptors (Lipinski definition) is 7. The van der Waals surface area contributed by atoms with Crippen molar-refractivity contribution < 1.29 is 32.9 Å². The maximum absolute atomic E-state index is 12.9. The summed E-state index contributed by atoms with van der Waals surface area (Å²) >= 11 is 0. The van der Waals surface area contributed by atoms with E-state index in [0.717, 1.165) is 0 Å². The first-order valence-corrected chi connectivity index (χ1v) is 12.9. The van der Waals surface area contributed by atoms with Crippen LogP contribution < -0.4 is 0 Å². The summed E-state index contributed by atoms with van der Waals surface area (Å²) in [5.41, 5.74) is -1.28. The molecule has 0 aromatic rings. The molecule has 162 valence electrons. The summed E-state index contributed by atoms with van der Waals surface area (Å²) in [4.78, 5) is 12.9. The van der Waals surface area contributed by atoms with E-state index in [4.69, 9.17) is 28.1 Å². The van der Waals surface area contributed by atoms with Gasteiger partial charge in [-0.25, -0.2) is 4.79 Å². The lowest BCUT2D eigenvalue weighted by molar-refractivity contribution is -0.196. The van der Waals surface area contributed by atoms with E-state index in [1.54, 1.807) is 13.8 Å². The Bertz CT molecular complexity index is 639. The van der Waals surface area contributed by atoms with Crippen LogP contribution in [0.4, 0.5) is 0 Å². The van der Waals surface area contributed by atoms with Gasteiger partial charge < -0.3 is 28.1 Å². The number of hydrogen-bond donors (Lipinski definition) is 0. The number of fused-ring (bicyclic) bond motifs is 2. The highest BCUT2D eigenvalue weighted by Gasteiger charge is 2.70. The quantitative estimate of drug-likeness (QED) is 0.516. The zero-order chi connectivity index (χ0) is 21.3. The highest BCUT2D eigenvalue weighted by Crippen LogP contribution is 2.52. The Kier molecular flexibility index (Phi) is 5.14. The van der Waals surface area contributed by atoms with Crippen LogP contribution in [0.3, 0.4) is 0 Å². The first kappa shape index (κ1) is 22.2. The van der Waals surface area contributed by atoms with Crippen LogP contribution in [0.1, 0.15) is 54.9 Å². The highest BCUT2D eigenvalue weighted by atomic mass is 28.4. The van der Waals surface area contributed by atoms with Gasteiger partial charge in [-0.3, -0.25) is 0 Å². The van der Waals surface area contributed by atoms with E-state index in [2.05, 4.69) is 33.9 Å². The summed E-state index contributed by atoms with van der Waals surface area (Å²) in [7, 11) is -0.836. The van der Waals surface area contributed by atoms with E-state index in [9.17, 15) is 4.79 Å². The molecule has 2 aliphatic heterocycles. The van der Waals surface area contributed by atoms with Gasteiger partial charge in [0.2, 0.25) is 0 Å². The molecule has 2 saturated heterocycles. The van der Waals surface area contributed by atoms with Gasteiger partial charge in [-0.15, -0.1) is 0 Å². The summed E-state index contributed by atoms with van der Waals surface area (Å²) in [6, 6.07) is 0. The fraction of sp³-hybridized carbons (Fsp3) is 0.950. The lowest BCUT2D eigenvalue weighted by Gasteiger charge is -2.48. The molecule has 0 aromatic heterocycles. The molecule has 28 heavy (non-hydrogen) atoms. The van der Waals surface area contributed by atoms with E-state index in [-0.39, 0.29) is 17.2 Å². The lowest BCUT2D eigenvalue weighted by atomic mass is 9.77. The van der Waals surface area contributed by atoms with E-state index in [0.29, 0.717) is 6.42 Å². The first-order chi connectivity index (χ1) is 12.5. The van der Waals surface area contributed by atoms with Crippen molar-refractivity contribution in [1.29, 1.82) is 0 Å². The Morgan fingerprint density at radius 3 is 2.18 bits per heavy atom. The number of carbonyl (C=O) groups excluding carboxylic acids is 1. The fourth-order valence-corrected chi connectivity index (χ4v) is 5.53. The van der Waals surface area contributed by atoms with Crippen molar-refractivity contribution in [1.82, 2.24) is 0 Å². The van der Waals surface area contributed by atoms with Crippen molar-refractivity contribution in [2.75, 3.05) is 7.11 Å². The predicted octanol–water partition coefficient (Wildman–Crippen LogP) is 3.36. The molecule has 0 spiro atoms. The van der Waals surface area contributed by atoms with Crippen molar-refractivity contribution in [2.24, 2.45) is 0 Å². The van der Waals surface area contributed by atoms with Crippen molar-refractivity contribution in [3.8, 4) is 0 Å². The normalized spacial score (nSPS) is 39.4. The van der Waals surface area contributed by atoms with Crippen LogP contribution in [0, 0.1) is 0 Å². The van der Waals surface area contributed by atoms with E-state index < -0.39 is 43.7 Å². The zero-order valence-electron chi connectivity index (χ0n) is 18.9. The van der Waals surface area contributed by atoms with Gasteiger partial charge in [-0.05, 0) is 45.8 Å².